The first-order valence-electron chi connectivity index (χ1n) is 18.0. The maximum absolute atomic E-state index is 6.90. The van der Waals surface area contributed by atoms with E-state index in [0.717, 1.165) is 72.0 Å². The van der Waals surface area contributed by atoms with Crippen molar-refractivity contribution < 1.29 is 4.42 Å². The minimum atomic E-state index is 0.567. The molecule has 0 saturated carbocycles. The Morgan fingerprint density at radius 1 is 0.370 bits per heavy atom. The van der Waals surface area contributed by atoms with Gasteiger partial charge in [-0.15, -0.1) is 0 Å². The molecule has 0 aliphatic heterocycles. The van der Waals surface area contributed by atoms with E-state index in [1.165, 1.54) is 5.56 Å². The van der Waals surface area contributed by atoms with Gasteiger partial charge < -0.3 is 9.32 Å². The van der Waals surface area contributed by atoms with E-state index in [2.05, 4.69) is 126 Å². The Morgan fingerprint density at radius 3 is 1.54 bits per heavy atom. The molecule has 8 aromatic carbocycles. The number of rotatable bonds is 7. The number of aromatic nitrogens is 3. The quantitative estimate of drug-likeness (QED) is 0.166. The number of nitrogens with zero attached hydrogens (tertiary/aromatic N) is 4. The van der Waals surface area contributed by atoms with Crippen LogP contribution in [0, 0.1) is 0 Å². The topological polar surface area (TPSA) is 55.1 Å². The highest BCUT2D eigenvalue weighted by Crippen LogP contribution is 2.45. The third kappa shape index (κ3) is 5.65. The summed E-state index contributed by atoms with van der Waals surface area (Å²) in [5.74, 6) is 1.78. The number of hydrogen-bond acceptors (Lipinski definition) is 5. The zero-order valence-corrected chi connectivity index (χ0v) is 29.2. The molecule has 254 valence electrons. The van der Waals surface area contributed by atoms with Crippen LogP contribution in [0.1, 0.15) is 0 Å². The summed E-state index contributed by atoms with van der Waals surface area (Å²) in [5, 5.41) is 4.14. The van der Waals surface area contributed by atoms with Gasteiger partial charge in [-0.25, -0.2) is 15.0 Å². The molecule has 2 heterocycles. The summed E-state index contributed by atoms with van der Waals surface area (Å²) in [6, 6.07) is 66.8. The highest BCUT2D eigenvalue weighted by molar-refractivity contribution is 6.19. The largest absolute Gasteiger partial charge is 0.455 e. The Labute approximate surface area is 312 Å². The van der Waals surface area contributed by atoms with E-state index in [1.54, 1.807) is 0 Å². The Bertz CT molecular complexity index is 2850. The van der Waals surface area contributed by atoms with E-state index >= 15 is 0 Å². The van der Waals surface area contributed by atoms with Crippen molar-refractivity contribution in [2.75, 3.05) is 4.90 Å². The van der Waals surface area contributed by atoms with Crippen LogP contribution in [0.15, 0.2) is 199 Å². The zero-order valence-electron chi connectivity index (χ0n) is 29.2. The molecule has 0 unspecified atom stereocenters. The minimum Gasteiger partial charge on any atom is -0.455 e. The molecule has 0 fully saturated rings. The van der Waals surface area contributed by atoms with Crippen molar-refractivity contribution in [3.05, 3.63) is 194 Å². The molecule has 0 saturated heterocycles. The highest BCUT2D eigenvalue weighted by atomic mass is 16.3. The van der Waals surface area contributed by atoms with E-state index in [0.29, 0.717) is 17.5 Å². The van der Waals surface area contributed by atoms with Gasteiger partial charge >= 0.3 is 0 Å². The standard InChI is InChI=1S/C49H32N4O/c1-5-15-33(16-6-1)34-25-28-39(29-26-34)53(38-22-11-4-12-23-38)40-31-43(45-42-30-27-35-17-13-14-24-41(35)46(42)54-44(45)32-40)49-51-47(36-18-7-2-8-19-36)50-48(52-49)37-20-9-3-10-21-37/h1-32H. The van der Waals surface area contributed by atoms with Crippen molar-refractivity contribution in [1.29, 1.82) is 0 Å². The summed E-state index contributed by atoms with van der Waals surface area (Å²) in [6.07, 6.45) is 0. The third-order valence-electron chi connectivity index (χ3n) is 9.89. The molecule has 5 heteroatoms. The molecule has 10 rings (SSSR count). The zero-order chi connectivity index (χ0) is 35.8. The second-order valence-electron chi connectivity index (χ2n) is 13.3. The smallest absolute Gasteiger partial charge is 0.164 e. The predicted octanol–water partition coefficient (Wildman–Crippen LogP) is 13.1. The summed E-state index contributed by atoms with van der Waals surface area (Å²) in [5.41, 5.74) is 9.54. The van der Waals surface area contributed by atoms with Gasteiger partial charge in [0.2, 0.25) is 0 Å². The fraction of sp³-hybridized carbons (Fsp3) is 0. The number of benzene rings is 8. The van der Waals surface area contributed by atoms with Gasteiger partial charge in [0.15, 0.2) is 17.5 Å². The van der Waals surface area contributed by atoms with E-state index in [1.807, 2.05) is 72.8 Å². The lowest BCUT2D eigenvalue weighted by Crippen LogP contribution is -2.10. The summed E-state index contributed by atoms with van der Waals surface area (Å²) in [4.78, 5) is 17.7. The average molecular weight is 693 g/mol. The molecular weight excluding hydrogens is 661 g/mol. The number of hydrogen-bond donors (Lipinski definition) is 0. The maximum atomic E-state index is 6.90. The molecule has 2 aromatic heterocycles. The van der Waals surface area contributed by atoms with Crippen LogP contribution in [-0.4, -0.2) is 15.0 Å². The molecule has 0 amide bonds. The summed E-state index contributed by atoms with van der Waals surface area (Å²) < 4.78 is 6.90. The van der Waals surface area contributed by atoms with E-state index in [-0.39, 0.29) is 0 Å². The summed E-state index contributed by atoms with van der Waals surface area (Å²) in [7, 11) is 0. The normalized spacial score (nSPS) is 11.3. The van der Waals surface area contributed by atoms with E-state index < -0.39 is 0 Å². The first kappa shape index (κ1) is 31.4. The maximum Gasteiger partial charge on any atom is 0.164 e. The minimum absolute atomic E-state index is 0.567. The second kappa shape index (κ2) is 13.3. The van der Waals surface area contributed by atoms with Crippen molar-refractivity contribution in [3.8, 4) is 45.3 Å². The van der Waals surface area contributed by atoms with Crippen LogP contribution >= 0.6 is 0 Å². The van der Waals surface area contributed by atoms with E-state index in [4.69, 9.17) is 19.4 Å². The third-order valence-corrected chi connectivity index (χ3v) is 9.89. The lowest BCUT2D eigenvalue weighted by molar-refractivity contribution is 0.673. The van der Waals surface area contributed by atoms with Crippen molar-refractivity contribution in [2.24, 2.45) is 0 Å². The van der Waals surface area contributed by atoms with Gasteiger partial charge in [0.05, 0.1) is 5.69 Å². The predicted molar refractivity (Wildman–Crippen MR) is 221 cm³/mol. The average Bonchev–Trinajstić information content (AvgIpc) is 3.64. The molecule has 0 spiro atoms. The highest BCUT2D eigenvalue weighted by Gasteiger charge is 2.23. The van der Waals surface area contributed by atoms with E-state index in [9.17, 15) is 0 Å². The summed E-state index contributed by atoms with van der Waals surface area (Å²) in [6.45, 7) is 0. The number of furan rings is 1. The van der Waals surface area contributed by atoms with Crippen LogP contribution in [0.2, 0.25) is 0 Å². The molecule has 5 nitrogen and oxygen atoms in total. The SMILES string of the molecule is c1ccc(-c2ccc(N(c3ccccc3)c3cc(-c4nc(-c5ccccc5)nc(-c5ccccc5)n4)c4c(c3)oc3c5ccccc5ccc34)cc2)cc1. The van der Waals surface area contributed by atoms with Crippen LogP contribution in [0.3, 0.4) is 0 Å². The van der Waals surface area contributed by atoms with Crippen LogP contribution < -0.4 is 4.90 Å². The Morgan fingerprint density at radius 2 is 0.889 bits per heavy atom. The molecule has 0 radical (unpaired) electrons. The lowest BCUT2D eigenvalue weighted by atomic mass is 10.0. The molecule has 0 atom stereocenters. The van der Waals surface area contributed by atoms with Crippen molar-refractivity contribution in [3.63, 3.8) is 0 Å². The van der Waals surface area contributed by atoms with Crippen molar-refractivity contribution in [1.82, 2.24) is 15.0 Å². The molecule has 0 bridgehead atoms. The fourth-order valence-corrected chi connectivity index (χ4v) is 7.31. The molecule has 10 aromatic rings. The fourth-order valence-electron chi connectivity index (χ4n) is 7.31. The van der Waals surface area contributed by atoms with Gasteiger partial charge in [-0.3, -0.25) is 0 Å². The second-order valence-corrected chi connectivity index (χ2v) is 13.3. The molecule has 0 N–H and O–H groups in total. The first-order chi connectivity index (χ1) is 26.8. The van der Waals surface area contributed by atoms with Gasteiger partial charge in [-0.2, -0.15) is 0 Å². The van der Waals surface area contributed by atoms with Gasteiger partial charge in [-0.05, 0) is 52.9 Å². The van der Waals surface area contributed by atoms with Crippen LogP contribution in [-0.2, 0) is 0 Å². The Hall–Kier alpha value is -7.37. The molecule has 54 heavy (non-hydrogen) atoms. The molecule has 0 aliphatic carbocycles. The van der Waals surface area contributed by atoms with Gasteiger partial charge in [0.1, 0.15) is 11.2 Å². The van der Waals surface area contributed by atoms with Gasteiger partial charge in [0.25, 0.3) is 0 Å². The van der Waals surface area contributed by atoms with Crippen molar-refractivity contribution >= 4 is 49.8 Å². The molecular formula is C49H32N4O. The van der Waals surface area contributed by atoms with Crippen LogP contribution in [0.5, 0.6) is 0 Å². The Kier molecular flexibility index (Phi) is 7.73. The van der Waals surface area contributed by atoms with Crippen LogP contribution in [0.25, 0.3) is 78.0 Å². The number of fused-ring (bicyclic) bond motifs is 5. The Balaban J connectivity index is 1.26. The first-order valence-corrected chi connectivity index (χ1v) is 18.0. The van der Waals surface area contributed by atoms with Gasteiger partial charge in [-0.1, -0.05) is 152 Å². The molecule has 0 aliphatic rings. The van der Waals surface area contributed by atoms with Crippen LogP contribution in [0.4, 0.5) is 17.1 Å². The lowest BCUT2D eigenvalue weighted by Gasteiger charge is -2.26. The number of para-hydroxylation sites is 1. The van der Waals surface area contributed by atoms with Gasteiger partial charge in [0, 0.05) is 50.3 Å². The summed E-state index contributed by atoms with van der Waals surface area (Å²) >= 11 is 0. The monoisotopic (exact) mass is 692 g/mol. The number of anilines is 3. The van der Waals surface area contributed by atoms with Crippen molar-refractivity contribution in [2.45, 2.75) is 0 Å².